The van der Waals surface area contributed by atoms with Crippen LogP contribution in [0.3, 0.4) is 0 Å². The molecule has 4 amide bonds. The molecule has 1 N–H and O–H groups in total. The SMILES string of the molecule is CCOc1ccccc1N1C(=O)NC(=O)/C(=C\c2cccn2C)C1=O. The molecule has 0 saturated carbocycles. The highest BCUT2D eigenvalue weighted by molar-refractivity contribution is 6.39. The maximum absolute atomic E-state index is 12.9. The number of hydrogen-bond acceptors (Lipinski definition) is 4. The first kappa shape index (κ1) is 16.5. The van der Waals surface area contributed by atoms with E-state index in [1.807, 2.05) is 0 Å². The summed E-state index contributed by atoms with van der Waals surface area (Å²) in [6.45, 7) is 2.19. The zero-order chi connectivity index (χ0) is 18.0. The Morgan fingerprint density at radius 3 is 2.56 bits per heavy atom. The van der Waals surface area contributed by atoms with E-state index in [0.717, 1.165) is 4.90 Å². The van der Waals surface area contributed by atoms with Gasteiger partial charge in [-0.2, -0.15) is 0 Å². The molecular formula is C18H17N3O4. The number of carbonyl (C=O) groups is 3. The standard InChI is InChI=1S/C18H17N3O4/c1-3-25-15-9-5-4-8-14(15)21-17(23)13(16(22)19-18(21)24)11-12-7-6-10-20(12)2/h4-11H,3H2,1-2H3,(H,19,22,24)/b13-11+. The van der Waals surface area contributed by atoms with Crippen LogP contribution in [0.5, 0.6) is 5.75 Å². The van der Waals surface area contributed by atoms with Crippen molar-refractivity contribution in [1.82, 2.24) is 9.88 Å². The number of hydrogen-bond donors (Lipinski definition) is 1. The lowest BCUT2D eigenvalue weighted by atomic mass is 10.1. The van der Waals surface area contributed by atoms with Crippen LogP contribution >= 0.6 is 0 Å². The van der Waals surface area contributed by atoms with Crippen LogP contribution in [0.1, 0.15) is 12.6 Å². The summed E-state index contributed by atoms with van der Waals surface area (Å²) in [5.74, 6) is -1.02. The van der Waals surface area contributed by atoms with Crippen molar-refractivity contribution in [2.75, 3.05) is 11.5 Å². The highest BCUT2D eigenvalue weighted by atomic mass is 16.5. The summed E-state index contributed by atoms with van der Waals surface area (Å²) in [6, 6.07) is 9.45. The van der Waals surface area contributed by atoms with E-state index < -0.39 is 17.8 Å². The minimum atomic E-state index is -0.800. The second kappa shape index (κ2) is 6.64. The second-order valence-electron chi connectivity index (χ2n) is 5.40. The van der Waals surface area contributed by atoms with E-state index in [4.69, 9.17) is 4.74 Å². The lowest BCUT2D eigenvalue weighted by Gasteiger charge is -2.27. The topological polar surface area (TPSA) is 80.6 Å². The fourth-order valence-electron chi connectivity index (χ4n) is 2.57. The van der Waals surface area contributed by atoms with Gasteiger partial charge in [0.2, 0.25) is 0 Å². The second-order valence-corrected chi connectivity index (χ2v) is 5.40. The van der Waals surface area contributed by atoms with Crippen LogP contribution in [0.15, 0.2) is 48.2 Å². The Labute approximate surface area is 144 Å². The quantitative estimate of drug-likeness (QED) is 0.683. The number of benzene rings is 1. The van der Waals surface area contributed by atoms with E-state index >= 15 is 0 Å². The Kier molecular flexibility index (Phi) is 4.38. The van der Waals surface area contributed by atoms with Crippen molar-refractivity contribution < 1.29 is 19.1 Å². The van der Waals surface area contributed by atoms with Gasteiger partial charge in [-0.25, -0.2) is 9.69 Å². The fraction of sp³-hybridized carbons (Fsp3) is 0.167. The van der Waals surface area contributed by atoms with Crippen molar-refractivity contribution in [2.45, 2.75) is 6.92 Å². The summed E-state index contributed by atoms with van der Waals surface area (Å²) < 4.78 is 7.26. The number of anilines is 1. The molecule has 128 valence electrons. The molecular weight excluding hydrogens is 322 g/mol. The molecule has 1 aromatic heterocycles. The average Bonchev–Trinajstić information content (AvgIpc) is 2.98. The van der Waals surface area contributed by atoms with Crippen LogP contribution in [0.2, 0.25) is 0 Å². The Bertz CT molecular complexity index is 882. The van der Waals surface area contributed by atoms with E-state index in [9.17, 15) is 14.4 Å². The van der Waals surface area contributed by atoms with Crippen LogP contribution in [0.25, 0.3) is 6.08 Å². The number of nitrogens with zero attached hydrogens (tertiary/aromatic N) is 2. The molecule has 0 aliphatic carbocycles. The van der Waals surface area contributed by atoms with Crippen molar-refractivity contribution in [1.29, 1.82) is 0 Å². The molecule has 2 heterocycles. The number of rotatable bonds is 4. The number of imide groups is 2. The first-order chi connectivity index (χ1) is 12.0. The molecule has 1 aliphatic rings. The normalized spacial score (nSPS) is 16.3. The molecule has 7 heteroatoms. The van der Waals surface area contributed by atoms with E-state index in [1.54, 1.807) is 61.1 Å². The van der Waals surface area contributed by atoms with E-state index in [2.05, 4.69) is 5.32 Å². The number of aromatic nitrogens is 1. The van der Waals surface area contributed by atoms with Crippen LogP contribution in [-0.2, 0) is 16.6 Å². The predicted molar refractivity (Wildman–Crippen MR) is 92.0 cm³/mol. The summed E-state index contributed by atoms with van der Waals surface area (Å²) >= 11 is 0. The van der Waals surface area contributed by atoms with Crippen molar-refractivity contribution in [3.05, 3.63) is 53.9 Å². The lowest BCUT2D eigenvalue weighted by Crippen LogP contribution is -2.54. The van der Waals surface area contributed by atoms with Crippen molar-refractivity contribution >= 4 is 29.6 Å². The zero-order valence-corrected chi connectivity index (χ0v) is 13.9. The molecule has 0 spiro atoms. The highest BCUT2D eigenvalue weighted by Crippen LogP contribution is 2.31. The first-order valence-corrected chi connectivity index (χ1v) is 7.77. The van der Waals surface area contributed by atoms with Gasteiger partial charge in [-0.15, -0.1) is 0 Å². The van der Waals surface area contributed by atoms with Gasteiger partial charge in [-0.3, -0.25) is 14.9 Å². The number of ether oxygens (including phenoxy) is 1. The number of amides is 4. The minimum Gasteiger partial charge on any atom is -0.492 e. The van der Waals surface area contributed by atoms with Crippen molar-refractivity contribution in [3.63, 3.8) is 0 Å². The zero-order valence-electron chi connectivity index (χ0n) is 13.9. The summed E-state index contributed by atoms with van der Waals surface area (Å²) in [6.07, 6.45) is 3.26. The molecule has 2 aromatic rings. The third-order valence-corrected chi connectivity index (χ3v) is 3.78. The van der Waals surface area contributed by atoms with E-state index in [0.29, 0.717) is 18.1 Å². The van der Waals surface area contributed by atoms with Crippen molar-refractivity contribution in [3.8, 4) is 5.75 Å². The monoisotopic (exact) mass is 339 g/mol. The third kappa shape index (κ3) is 3.03. The van der Waals surface area contributed by atoms with Gasteiger partial charge in [-0.05, 0) is 37.3 Å². The molecule has 1 saturated heterocycles. The Balaban J connectivity index is 2.05. The van der Waals surface area contributed by atoms with E-state index in [1.165, 1.54) is 6.08 Å². The number of nitrogens with one attached hydrogen (secondary N) is 1. The molecule has 25 heavy (non-hydrogen) atoms. The predicted octanol–water partition coefficient (Wildman–Crippen LogP) is 2.09. The Morgan fingerprint density at radius 1 is 1.12 bits per heavy atom. The van der Waals surface area contributed by atoms with Gasteiger partial charge in [0.1, 0.15) is 11.3 Å². The third-order valence-electron chi connectivity index (χ3n) is 3.78. The minimum absolute atomic E-state index is 0.118. The van der Waals surface area contributed by atoms with Gasteiger partial charge >= 0.3 is 6.03 Å². The molecule has 1 fully saturated rings. The van der Waals surface area contributed by atoms with Gasteiger partial charge in [0, 0.05) is 18.9 Å². The summed E-state index contributed by atoms with van der Waals surface area (Å²) in [5, 5.41) is 2.20. The maximum Gasteiger partial charge on any atom is 0.336 e. The first-order valence-electron chi connectivity index (χ1n) is 7.77. The lowest BCUT2D eigenvalue weighted by molar-refractivity contribution is -0.122. The van der Waals surface area contributed by atoms with Gasteiger partial charge < -0.3 is 9.30 Å². The molecule has 1 aliphatic heterocycles. The Morgan fingerprint density at radius 2 is 1.88 bits per heavy atom. The van der Waals surface area contributed by atoms with Crippen LogP contribution in [0.4, 0.5) is 10.5 Å². The number of carbonyl (C=O) groups excluding carboxylic acids is 3. The summed E-state index contributed by atoms with van der Waals surface area (Å²) in [5.41, 5.74) is 0.843. The number of para-hydroxylation sites is 2. The van der Waals surface area contributed by atoms with Gasteiger partial charge in [0.25, 0.3) is 11.8 Å². The molecule has 0 unspecified atom stereocenters. The van der Waals surface area contributed by atoms with Crippen LogP contribution in [-0.4, -0.2) is 29.0 Å². The average molecular weight is 339 g/mol. The van der Waals surface area contributed by atoms with Crippen molar-refractivity contribution in [2.24, 2.45) is 7.05 Å². The fourth-order valence-corrected chi connectivity index (χ4v) is 2.57. The molecule has 0 radical (unpaired) electrons. The molecule has 1 aromatic carbocycles. The smallest absolute Gasteiger partial charge is 0.336 e. The van der Waals surface area contributed by atoms with Crippen LogP contribution < -0.4 is 15.0 Å². The van der Waals surface area contributed by atoms with Gasteiger partial charge in [0.15, 0.2) is 0 Å². The number of aryl methyl sites for hydroxylation is 1. The van der Waals surface area contributed by atoms with Gasteiger partial charge in [0.05, 0.1) is 12.3 Å². The maximum atomic E-state index is 12.9. The summed E-state index contributed by atoms with van der Waals surface area (Å²) in [7, 11) is 1.80. The molecule has 7 nitrogen and oxygen atoms in total. The number of barbiturate groups is 1. The largest absolute Gasteiger partial charge is 0.492 e. The van der Waals surface area contributed by atoms with Crippen LogP contribution in [0, 0.1) is 0 Å². The molecule has 0 bridgehead atoms. The highest BCUT2D eigenvalue weighted by Gasteiger charge is 2.38. The van der Waals surface area contributed by atoms with E-state index in [-0.39, 0.29) is 11.3 Å². The molecule has 0 atom stereocenters. The van der Waals surface area contributed by atoms with Gasteiger partial charge in [-0.1, -0.05) is 12.1 Å². The number of urea groups is 1. The Hall–Kier alpha value is -3.35. The summed E-state index contributed by atoms with van der Waals surface area (Å²) in [4.78, 5) is 38.2. The molecule has 3 rings (SSSR count).